The number of aryl methyl sites for hydroxylation is 2. The Hall–Kier alpha value is -2.09. The van der Waals surface area contributed by atoms with Crippen molar-refractivity contribution in [2.24, 2.45) is 0 Å². The minimum Gasteiger partial charge on any atom is -0.489 e. The number of rotatable bonds is 6. The van der Waals surface area contributed by atoms with E-state index >= 15 is 0 Å². The molecular weight excluding hydrogens is 260 g/mol. The molecule has 110 valence electrons. The smallest absolute Gasteiger partial charge is 0.160 e. The van der Waals surface area contributed by atoms with E-state index in [9.17, 15) is 4.79 Å². The summed E-state index contributed by atoms with van der Waals surface area (Å²) in [4.78, 5) is 11.6. The first-order valence-electron chi connectivity index (χ1n) is 7.49. The van der Waals surface area contributed by atoms with Gasteiger partial charge in [-0.1, -0.05) is 38.1 Å². The van der Waals surface area contributed by atoms with Gasteiger partial charge in [0.15, 0.2) is 5.78 Å². The molecule has 0 amide bonds. The van der Waals surface area contributed by atoms with Crippen molar-refractivity contribution in [3.8, 4) is 5.75 Å². The lowest BCUT2D eigenvalue weighted by atomic mass is 10.0. The highest BCUT2D eigenvalue weighted by atomic mass is 16.5. The van der Waals surface area contributed by atoms with Gasteiger partial charge in [0.2, 0.25) is 0 Å². The summed E-state index contributed by atoms with van der Waals surface area (Å²) in [6, 6.07) is 14.0. The molecule has 21 heavy (non-hydrogen) atoms. The fourth-order valence-electron chi connectivity index (χ4n) is 2.50. The number of benzene rings is 2. The van der Waals surface area contributed by atoms with E-state index in [0.717, 1.165) is 29.7 Å². The third-order valence-electron chi connectivity index (χ3n) is 3.73. The summed E-state index contributed by atoms with van der Waals surface area (Å²) in [5.41, 5.74) is 4.37. The molecule has 0 bridgehead atoms. The first-order valence-corrected chi connectivity index (χ1v) is 7.49. The predicted octanol–water partition coefficient (Wildman–Crippen LogP) is 4.59. The van der Waals surface area contributed by atoms with Crippen LogP contribution in [-0.4, -0.2) is 5.78 Å². The molecule has 0 fully saturated rings. The molecule has 0 aromatic heterocycles. The fourth-order valence-corrected chi connectivity index (χ4v) is 2.50. The van der Waals surface area contributed by atoms with Crippen LogP contribution in [0.3, 0.4) is 0 Å². The maximum absolute atomic E-state index is 11.6. The number of Topliss-reactive ketones (excluding diaryl/α,β-unsaturated/α-hetero) is 1. The summed E-state index contributed by atoms with van der Waals surface area (Å²) in [6.45, 7) is 6.37. The molecule has 0 N–H and O–H groups in total. The molecule has 0 saturated heterocycles. The first-order chi connectivity index (χ1) is 10.2. The van der Waals surface area contributed by atoms with E-state index in [2.05, 4.69) is 32.0 Å². The van der Waals surface area contributed by atoms with Crippen molar-refractivity contribution in [2.75, 3.05) is 0 Å². The highest BCUT2D eigenvalue weighted by molar-refractivity contribution is 5.95. The Balaban J connectivity index is 2.15. The third kappa shape index (κ3) is 3.72. The van der Waals surface area contributed by atoms with Gasteiger partial charge < -0.3 is 4.74 Å². The Bertz CT molecular complexity index is 629. The normalized spacial score (nSPS) is 10.4. The maximum atomic E-state index is 11.6. The van der Waals surface area contributed by atoms with E-state index in [1.165, 1.54) is 11.1 Å². The van der Waals surface area contributed by atoms with Crippen LogP contribution in [0.5, 0.6) is 5.75 Å². The van der Waals surface area contributed by atoms with Gasteiger partial charge in [0.25, 0.3) is 0 Å². The molecule has 0 heterocycles. The molecule has 2 aromatic carbocycles. The van der Waals surface area contributed by atoms with E-state index in [4.69, 9.17) is 4.74 Å². The van der Waals surface area contributed by atoms with Gasteiger partial charge in [-0.25, -0.2) is 0 Å². The Kier molecular flexibility index (Phi) is 5.15. The Morgan fingerprint density at radius 3 is 2.24 bits per heavy atom. The summed E-state index contributed by atoms with van der Waals surface area (Å²) in [5, 5.41) is 0. The van der Waals surface area contributed by atoms with E-state index in [0.29, 0.717) is 6.61 Å². The zero-order valence-electron chi connectivity index (χ0n) is 13.0. The number of ketones is 1. The minimum absolute atomic E-state index is 0.106. The zero-order valence-corrected chi connectivity index (χ0v) is 13.0. The molecular formula is C19H22O2. The lowest BCUT2D eigenvalue weighted by Crippen LogP contribution is -2.02. The number of hydrogen-bond acceptors (Lipinski definition) is 2. The molecule has 2 rings (SSSR count). The third-order valence-corrected chi connectivity index (χ3v) is 3.73. The van der Waals surface area contributed by atoms with Crippen molar-refractivity contribution in [3.63, 3.8) is 0 Å². The van der Waals surface area contributed by atoms with Crippen molar-refractivity contribution < 1.29 is 9.53 Å². The van der Waals surface area contributed by atoms with E-state index in [1.54, 1.807) is 6.92 Å². The van der Waals surface area contributed by atoms with Crippen molar-refractivity contribution >= 4 is 5.78 Å². The van der Waals surface area contributed by atoms with Gasteiger partial charge in [0, 0.05) is 5.56 Å². The van der Waals surface area contributed by atoms with Gasteiger partial charge in [-0.15, -0.1) is 0 Å². The molecule has 0 atom stereocenters. The summed E-state index contributed by atoms with van der Waals surface area (Å²) in [6.07, 6.45) is 1.83. The Labute approximate surface area is 126 Å². The second-order valence-electron chi connectivity index (χ2n) is 5.14. The van der Waals surface area contributed by atoms with Crippen molar-refractivity contribution in [3.05, 3.63) is 64.7 Å². The summed E-state index contributed by atoms with van der Waals surface area (Å²) < 4.78 is 5.90. The van der Waals surface area contributed by atoms with Gasteiger partial charge in [0.1, 0.15) is 12.4 Å². The van der Waals surface area contributed by atoms with Crippen LogP contribution >= 0.6 is 0 Å². The number of carbonyl (C=O) groups is 1. The quantitative estimate of drug-likeness (QED) is 0.724. The zero-order chi connectivity index (χ0) is 15.2. The molecule has 0 spiro atoms. The van der Waals surface area contributed by atoms with Crippen LogP contribution in [0.15, 0.2) is 42.5 Å². The molecule has 0 aliphatic rings. The highest BCUT2D eigenvalue weighted by Crippen LogP contribution is 2.21. The standard InChI is InChI=1S/C19H22O2/c1-4-15-8-6-7-9-17(15)13-21-18-10-11-19(14(3)20)16(5-2)12-18/h6-12H,4-5,13H2,1-3H3. The highest BCUT2D eigenvalue weighted by Gasteiger charge is 2.08. The van der Waals surface area contributed by atoms with Crippen molar-refractivity contribution in [2.45, 2.75) is 40.2 Å². The van der Waals surface area contributed by atoms with Crippen LogP contribution < -0.4 is 4.74 Å². The molecule has 2 heteroatoms. The molecule has 2 nitrogen and oxygen atoms in total. The molecule has 2 aromatic rings. The fraction of sp³-hybridized carbons (Fsp3) is 0.316. The summed E-state index contributed by atoms with van der Waals surface area (Å²) in [5.74, 6) is 0.928. The second-order valence-corrected chi connectivity index (χ2v) is 5.14. The van der Waals surface area contributed by atoms with E-state index < -0.39 is 0 Å². The topological polar surface area (TPSA) is 26.3 Å². The van der Waals surface area contributed by atoms with Gasteiger partial charge in [-0.05, 0) is 54.7 Å². The number of carbonyl (C=O) groups excluding carboxylic acids is 1. The Morgan fingerprint density at radius 1 is 0.952 bits per heavy atom. The average molecular weight is 282 g/mol. The van der Waals surface area contributed by atoms with Crippen LogP contribution in [0, 0.1) is 0 Å². The summed E-state index contributed by atoms with van der Waals surface area (Å²) in [7, 11) is 0. The van der Waals surface area contributed by atoms with E-state index in [1.807, 2.05) is 24.3 Å². The predicted molar refractivity (Wildman–Crippen MR) is 86.0 cm³/mol. The van der Waals surface area contributed by atoms with Crippen molar-refractivity contribution in [1.82, 2.24) is 0 Å². The molecule has 0 saturated carbocycles. The van der Waals surface area contributed by atoms with Gasteiger partial charge in [0.05, 0.1) is 0 Å². The number of ether oxygens (including phenoxy) is 1. The molecule has 0 unspecified atom stereocenters. The van der Waals surface area contributed by atoms with Crippen LogP contribution in [0.2, 0.25) is 0 Å². The molecule has 0 radical (unpaired) electrons. The van der Waals surface area contributed by atoms with Crippen LogP contribution in [0.25, 0.3) is 0 Å². The van der Waals surface area contributed by atoms with Crippen LogP contribution in [-0.2, 0) is 19.4 Å². The summed E-state index contributed by atoms with van der Waals surface area (Å²) >= 11 is 0. The van der Waals surface area contributed by atoms with Gasteiger partial charge >= 0.3 is 0 Å². The van der Waals surface area contributed by atoms with Crippen molar-refractivity contribution in [1.29, 1.82) is 0 Å². The van der Waals surface area contributed by atoms with Gasteiger partial charge in [-0.2, -0.15) is 0 Å². The minimum atomic E-state index is 0.106. The molecule has 0 aliphatic carbocycles. The number of hydrogen-bond donors (Lipinski definition) is 0. The van der Waals surface area contributed by atoms with Crippen LogP contribution in [0.4, 0.5) is 0 Å². The van der Waals surface area contributed by atoms with Gasteiger partial charge in [-0.3, -0.25) is 4.79 Å². The lowest BCUT2D eigenvalue weighted by molar-refractivity contribution is 0.101. The second kappa shape index (κ2) is 7.07. The SMILES string of the molecule is CCc1ccccc1COc1ccc(C(C)=O)c(CC)c1. The van der Waals surface area contributed by atoms with E-state index in [-0.39, 0.29) is 5.78 Å². The Morgan fingerprint density at radius 2 is 1.62 bits per heavy atom. The van der Waals surface area contributed by atoms with Crippen LogP contribution in [0.1, 0.15) is 47.8 Å². The maximum Gasteiger partial charge on any atom is 0.160 e. The average Bonchev–Trinajstić information content (AvgIpc) is 2.52. The first kappa shape index (κ1) is 15.3. The molecule has 0 aliphatic heterocycles. The monoisotopic (exact) mass is 282 g/mol. The largest absolute Gasteiger partial charge is 0.489 e. The lowest BCUT2D eigenvalue weighted by Gasteiger charge is -2.12.